The van der Waals surface area contributed by atoms with Crippen molar-refractivity contribution in [2.75, 3.05) is 14.2 Å². The van der Waals surface area contributed by atoms with Crippen molar-refractivity contribution in [2.45, 2.75) is 56.7 Å². The summed E-state index contributed by atoms with van der Waals surface area (Å²) in [5, 5.41) is 0. The Hall–Kier alpha value is -1.95. The van der Waals surface area contributed by atoms with E-state index in [0.717, 1.165) is 25.7 Å². The molecule has 24 heavy (non-hydrogen) atoms. The lowest BCUT2D eigenvalue weighted by molar-refractivity contribution is -0.151. The molecule has 1 fully saturated rings. The Labute approximate surface area is 141 Å². The minimum absolute atomic E-state index is 0.0120. The molecule has 0 spiro atoms. The smallest absolute Gasteiger partial charge is 0.337 e. The van der Waals surface area contributed by atoms with Crippen LogP contribution in [0.4, 0.5) is 0 Å². The summed E-state index contributed by atoms with van der Waals surface area (Å²) in [5.41, 5.74) is -0.752. The predicted molar refractivity (Wildman–Crippen MR) is 86.2 cm³/mol. The van der Waals surface area contributed by atoms with Crippen molar-refractivity contribution in [3.63, 3.8) is 0 Å². The lowest BCUT2D eigenvalue weighted by atomic mass is 9.83. The van der Waals surface area contributed by atoms with E-state index in [0.29, 0.717) is 12.8 Å². The molecule has 0 N–H and O–H groups in total. The molecular formula is C18H24O6. The topological polar surface area (TPSA) is 78.9 Å². The Morgan fingerprint density at radius 2 is 1.96 bits per heavy atom. The number of ketones is 1. The molecule has 2 aliphatic rings. The van der Waals surface area contributed by atoms with Crippen LogP contribution in [0.5, 0.6) is 0 Å². The molecule has 0 radical (unpaired) electrons. The van der Waals surface area contributed by atoms with Gasteiger partial charge >= 0.3 is 11.9 Å². The summed E-state index contributed by atoms with van der Waals surface area (Å²) < 4.78 is 15.6. The van der Waals surface area contributed by atoms with E-state index in [2.05, 4.69) is 6.58 Å². The molecule has 2 unspecified atom stereocenters. The molecule has 132 valence electrons. The number of rotatable bonds is 8. The Kier molecular flexibility index (Phi) is 5.94. The normalized spacial score (nSPS) is 25.6. The molecule has 0 aromatic carbocycles. The van der Waals surface area contributed by atoms with Crippen LogP contribution >= 0.6 is 0 Å². The lowest BCUT2D eigenvalue weighted by Crippen LogP contribution is -2.42. The maximum Gasteiger partial charge on any atom is 0.337 e. The minimum atomic E-state index is -1.02. The summed E-state index contributed by atoms with van der Waals surface area (Å²) in [4.78, 5) is 36.7. The Morgan fingerprint density at radius 3 is 2.58 bits per heavy atom. The third-order valence-electron chi connectivity index (χ3n) is 4.68. The van der Waals surface area contributed by atoms with Gasteiger partial charge in [0.05, 0.1) is 25.4 Å². The Balaban J connectivity index is 2.32. The van der Waals surface area contributed by atoms with Gasteiger partial charge in [-0.1, -0.05) is 18.9 Å². The fourth-order valence-electron chi connectivity index (χ4n) is 3.49. The summed E-state index contributed by atoms with van der Waals surface area (Å²) in [6.07, 6.45) is 5.79. The van der Waals surface area contributed by atoms with Crippen LogP contribution in [0.25, 0.3) is 0 Å². The van der Waals surface area contributed by atoms with Gasteiger partial charge in [-0.25, -0.2) is 9.59 Å². The van der Waals surface area contributed by atoms with Crippen molar-refractivity contribution >= 4 is 17.7 Å². The number of carbonyl (C=O) groups is 3. The summed E-state index contributed by atoms with van der Waals surface area (Å²) in [5.74, 6) is -1.53. The first-order chi connectivity index (χ1) is 11.5. The summed E-state index contributed by atoms with van der Waals surface area (Å²) >= 11 is 0. The molecule has 0 amide bonds. The van der Waals surface area contributed by atoms with Gasteiger partial charge in [-0.3, -0.25) is 4.79 Å². The zero-order valence-electron chi connectivity index (χ0n) is 14.3. The number of Topliss-reactive ketones (excluding diaryl/α,β-unsaturated/α-hetero) is 1. The van der Waals surface area contributed by atoms with Gasteiger partial charge in [-0.2, -0.15) is 0 Å². The molecule has 6 nitrogen and oxygen atoms in total. The lowest BCUT2D eigenvalue weighted by Gasteiger charge is -2.34. The molecule has 2 aliphatic heterocycles. The average Bonchev–Trinajstić information content (AvgIpc) is 2.88. The molecule has 2 rings (SSSR count). The van der Waals surface area contributed by atoms with Gasteiger partial charge < -0.3 is 14.2 Å². The molecule has 2 heterocycles. The summed E-state index contributed by atoms with van der Waals surface area (Å²) in [6, 6.07) is 0. The molecule has 2 atom stereocenters. The number of esters is 2. The number of allylic oxidation sites excluding steroid dienone is 1. The predicted octanol–water partition coefficient (Wildman–Crippen LogP) is 2.27. The van der Waals surface area contributed by atoms with E-state index in [9.17, 15) is 14.4 Å². The Bertz CT molecular complexity index is 576. The average molecular weight is 336 g/mol. The van der Waals surface area contributed by atoms with E-state index in [1.807, 2.05) is 6.08 Å². The van der Waals surface area contributed by atoms with Crippen molar-refractivity contribution in [1.29, 1.82) is 0 Å². The number of fused-ring (bicyclic) bond motifs is 2. The summed E-state index contributed by atoms with van der Waals surface area (Å²) in [7, 11) is 2.48. The van der Waals surface area contributed by atoms with Crippen LogP contribution in [0.3, 0.4) is 0 Å². The number of ether oxygens (including phenoxy) is 3. The van der Waals surface area contributed by atoms with E-state index in [1.165, 1.54) is 14.2 Å². The van der Waals surface area contributed by atoms with Crippen LogP contribution in [0.1, 0.15) is 44.9 Å². The molecule has 0 aliphatic carbocycles. The van der Waals surface area contributed by atoms with E-state index in [4.69, 9.17) is 14.2 Å². The molecule has 0 aromatic heterocycles. The van der Waals surface area contributed by atoms with Gasteiger partial charge in [-0.15, -0.1) is 6.58 Å². The zero-order valence-corrected chi connectivity index (χ0v) is 14.3. The number of hydrogen-bond acceptors (Lipinski definition) is 6. The van der Waals surface area contributed by atoms with E-state index >= 15 is 0 Å². The van der Waals surface area contributed by atoms with Crippen molar-refractivity contribution in [3.8, 4) is 0 Å². The maximum absolute atomic E-state index is 12.3. The van der Waals surface area contributed by atoms with Gasteiger partial charge in [0.15, 0.2) is 5.78 Å². The highest BCUT2D eigenvalue weighted by atomic mass is 16.6. The molecule has 2 bridgehead atoms. The van der Waals surface area contributed by atoms with Gasteiger partial charge in [0, 0.05) is 6.42 Å². The van der Waals surface area contributed by atoms with Crippen LogP contribution in [-0.4, -0.2) is 43.6 Å². The SMILES string of the molecule is C=CCCCCCC12CCC(=O)C(O1)C(C(=O)OC)=C2C(=O)OC. The number of unbranched alkanes of at least 4 members (excludes halogenated alkanes) is 3. The standard InChI is InChI=1S/C18H24O6/c1-4-5-6-7-8-10-18-11-9-12(19)15(24-18)13(16(20)22-2)14(18)17(21)23-3/h4,15H,1,5-11H2,2-3H3. The minimum Gasteiger partial charge on any atom is -0.466 e. The molecule has 0 saturated carbocycles. The van der Waals surface area contributed by atoms with Crippen molar-refractivity contribution in [2.24, 2.45) is 0 Å². The highest BCUT2D eigenvalue weighted by Gasteiger charge is 2.57. The van der Waals surface area contributed by atoms with Gasteiger partial charge in [0.1, 0.15) is 11.7 Å². The molecule has 1 saturated heterocycles. The fourth-order valence-corrected chi connectivity index (χ4v) is 3.49. The number of methoxy groups -OCH3 is 2. The first-order valence-electron chi connectivity index (χ1n) is 8.23. The maximum atomic E-state index is 12.3. The summed E-state index contributed by atoms with van der Waals surface area (Å²) in [6.45, 7) is 3.70. The van der Waals surface area contributed by atoms with Crippen molar-refractivity contribution in [3.05, 3.63) is 23.8 Å². The first kappa shape index (κ1) is 18.4. The zero-order chi connectivity index (χ0) is 17.7. The Morgan fingerprint density at radius 1 is 1.25 bits per heavy atom. The highest BCUT2D eigenvalue weighted by molar-refractivity contribution is 6.09. The highest BCUT2D eigenvalue weighted by Crippen LogP contribution is 2.47. The second-order valence-corrected chi connectivity index (χ2v) is 6.12. The van der Waals surface area contributed by atoms with E-state index in [1.54, 1.807) is 0 Å². The number of carbonyl (C=O) groups excluding carboxylic acids is 3. The second kappa shape index (κ2) is 7.75. The van der Waals surface area contributed by atoms with Crippen LogP contribution < -0.4 is 0 Å². The largest absolute Gasteiger partial charge is 0.466 e. The monoisotopic (exact) mass is 336 g/mol. The van der Waals surface area contributed by atoms with Crippen LogP contribution in [0.2, 0.25) is 0 Å². The van der Waals surface area contributed by atoms with Gasteiger partial charge in [0.2, 0.25) is 0 Å². The van der Waals surface area contributed by atoms with Gasteiger partial charge in [-0.05, 0) is 25.7 Å². The third kappa shape index (κ3) is 3.29. The first-order valence-corrected chi connectivity index (χ1v) is 8.23. The quantitative estimate of drug-likeness (QED) is 0.384. The molecule has 0 aromatic rings. The van der Waals surface area contributed by atoms with Crippen LogP contribution in [-0.2, 0) is 28.6 Å². The van der Waals surface area contributed by atoms with E-state index < -0.39 is 23.6 Å². The molecule has 6 heteroatoms. The molecular weight excluding hydrogens is 312 g/mol. The van der Waals surface area contributed by atoms with Crippen LogP contribution in [0, 0.1) is 0 Å². The van der Waals surface area contributed by atoms with Crippen molar-refractivity contribution < 1.29 is 28.6 Å². The van der Waals surface area contributed by atoms with Gasteiger partial charge in [0.25, 0.3) is 0 Å². The number of hydrogen-bond donors (Lipinski definition) is 0. The van der Waals surface area contributed by atoms with Crippen LogP contribution in [0.15, 0.2) is 23.8 Å². The second-order valence-electron chi connectivity index (χ2n) is 6.12. The fraction of sp³-hybridized carbons (Fsp3) is 0.611. The third-order valence-corrected chi connectivity index (χ3v) is 4.68. The van der Waals surface area contributed by atoms with Crippen molar-refractivity contribution in [1.82, 2.24) is 0 Å². The van der Waals surface area contributed by atoms with E-state index in [-0.39, 0.29) is 23.4 Å².